The maximum Gasteiger partial charge on any atom is 0.401 e. The molecular weight excluding hydrogens is 221 g/mol. The molecule has 0 aromatic carbocycles. The summed E-state index contributed by atoms with van der Waals surface area (Å²) in [7, 11) is 1.76. The van der Waals surface area contributed by atoms with Gasteiger partial charge in [0.1, 0.15) is 5.82 Å². The molecule has 0 atom stereocenters. The number of anilines is 1. The molecule has 0 unspecified atom stereocenters. The van der Waals surface area contributed by atoms with Crippen molar-refractivity contribution in [3.8, 4) is 0 Å². The largest absolute Gasteiger partial charge is 0.401 e. The highest BCUT2D eigenvalue weighted by Gasteiger charge is 2.33. The highest BCUT2D eigenvalue weighted by atomic mass is 19.4. The summed E-state index contributed by atoms with van der Waals surface area (Å²) in [5.41, 5.74) is 7.32. The third kappa shape index (κ3) is 2.13. The quantitative estimate of drug-likeness (QED) is 0.786. The van der Waals surface area contributed by atoms with Crippen molar-refractivity contribution in [3.05, 3.63) is 11.3 Å². The van der Waals surface area contributed by atoms with E-state index in [-0.39, 0.29) is 6.54 Å². The first-order chi connectivity index (χ1) is 7.37. The number of aromatic nitrogens is 2. The number of nitrogen functional groups attached to an aromatic ring is 1. The van der Waals surface area contributed by atoms with E-state index in [9.17, 15) is 13.2 Å². The van der Waals surface area contributed by atoms with E-state index in [4.69, 9.17) is 5.73 Å². The molecule has 0 radical (unpaired) electrons. The molecule has 1 aromatic rings. The Morgan fingerprint density at radius 3 is 2.75 bits per heavy atom. The summed E-state index contributed by atoms with van der Waals surface area (Å²) in [5.74, 6) is 0.337. The second-order valence-corrected chi connectivity index (χ2v) is 4.01. The first-order valence-corrected chi connectivity index (χ1v) is 4.96. The van der Waals surface area contributed by atoms with Crippen LogP contribution in [0.15, 0.2) is 0 Å². The zero-order valence-corrected chi connectivity index (χ0v) is 8.88. The summed E-state index contributed by atoms with van der Waals surface area (Å²) in [5, 5.41) is 4.01. The molecule has 4 nitrogen and oxygen atoms in total. The maximum absolute atomic E-state index is 12.2. The Labute approximate surface area is 90.8 Å². The smallest absolute Gasteiger partial charge is 0.382 e. The number of nitrogens with zero attached hydrogens (tertiary/aromatic N) is 3. The molecule has 90 valence electrons. The van der Waals surface area contributed by atoms with Crippen LogP contribution in [-0.2, 0) is 20.0 Å². The van der Waals surface area contributed by atoms with Crippen molar-refractivity contribution in [2.24, 2.45) is 7.05 Å². The number of nitrogens with two attached hydrogens (primary N) is 1. The second kappa shape index (κ2) is 3.65. The van der Waals surface area contributed by atoms with E-state index in [0.717, 1.165) is 11.3 Å². The van der Waals surface area contributed by atoms with Crippen molar-refractivity contribution in [2.75, 3.05) is 18.8 Å². The third-order valence-corrected chi connectivity index (χ3v) is 2.76. The van der Waals surface area contributed by atoms with E-state index in [0.29, 0.717) is 18.8 Å². The molecule has 0 saturated heterocycles. The van der Waals surface area contributed by atoms with Crippen LogP contribution in [0.3, 0.4) is 0 Å². The Balaban J connectivity index is 2.15. The van der Waals surface area contributed by atoms with Gasteiger partial charge >= 0.3 is 6.18 Å². The minimum absolute atomic E-state index is 0.231. The van der Waals surface area contributed by atoms with Gasteiger partial charge in [-0.1, -0.05) is 0 Å². The van der Waals surface area contributed by atoms with E-state index < -0.39 is 12.7 Å². The van der Waals surface area contributed by atoms with Gasteiger partial charge in [0.05, 0.1) is 6.54 Å². The van der Waals surface area contributed by atoms with Gasteiger partial charge in [0, 0.05) is 37.8 Å². The lowest BCUT2D eigenvalue weighted by molar-refractivity contribution is -0.147. The predicted octanol–water partition coefficient (Wildman–Crippen LogP) is 0.923. The number of aryl methyl sites for hydroxylation is 1. The van der Waals surface area contributed by atoms with Gasteiger partial charge in [-0.15, -0.1) is 0 Å². The monoisotopic (exact) mass is 234 g/mol. The Kier molecular flexibility index (Phi) is 2.57. The molecular formula is C9H13F3N4. The van der Waals surface area contributed by atoms with Gasteiger partial charge in [-0.3, -0.25) is 9.58 Å². The van der Waals surface area contributed by atoms with Crippen LogP contribution >= 0.6 is 0 Å². The Hall–Kier alpha value is -1.24. The number of fused-ring (bicyclic) bond motifs is 1. The van der Waals surface area contributed by atoms with Gasteiger partial charge in [0.25, 0.3) is 0 Å². The summed E-state index contributed by atoms with van der Waals surface area (Å²) in [6.07, 6.45) is -3.60. The molecule has 1 aliphatic heterocycles. The minimum atomic E-state index is -4.16. The summed E-state index contributed by atoms with van der Waals surface area (Å²) in [4.78, 5) is 1.35. The molecule has 0 aliphatic carbocycles. The molecule has 0 amide bonds. The molecule has 2 heterocycles. The number of halogens is 3. The Bertz CT molecular complexity index is 396. The molecule has 0 bridgehead atoms. The second-order valence-electron chi connectivity index (χ2n) is 4.01. The maximum atomic E-state index is 12.2. The first kappa shape index (κ1) is 11.3. The summed E-state index contributed by atoms with van der Waals surface area (Å²) in [6.45, 7) is -0.263. The fraction of sp³-hybridized carbons (Fsp3) is 0.667. The minimum Gasteiger partial charge on any atom is -0.382 e. The van der Waals surface area contributed by atoms with Crippen molar-refractivity contribution < 1.29 is 13.2 Å². The first-order valence-electron chi connectivity index (χ1n) is 4.96. The molecule has 1 aliphatic rings. The van der Waals surface area contributed by atoms with Crippen molar-refractivity contribution in [1.29, 1.82) is 0 Å². The van der Waals surface area contributed by atoms with Crippen LogP contribution in [-0.4, -0.2) is 33.9 Å². The molecule has 2 rings (SSSR count). The fourth-order valence-corrected chi connectivity index (χ4v) is 2.07. The zero-order chi connectivity index (χ0) is 11.9. The number of rotatable bonds is 1. The van der Waals surface area contributed by atoms with Crippen molar-refractivity contribution in [1.82, 2.24) is 14.7 Å². The van der Waals surface area contributed by atoms with Gasteiger partial charge in [0.2, 0.25) is 0 Å². The van der Waals surface area contributed by atoms with Gasteiger partial charge in [-0.25, -0.2) is 0 Å². The predicted molar refractivity (Wildman–Crippen MR) is 52.7 cm³/mol. The van der Waals surface area contributed by atoms with Gasteiger partial charge < -0.3 is 5.73 Å². The highest BCUT2D eigenvalue weighted by Crippen LogP contribution is 2.26. The van der Waals surface area contributed by atoms with Crippen LogP contribution < -0.4 is 5.73 Å². The third-order valence-electron chi connectivity index (χ3n) is 2.76. The summed E-state index contributed by atoms with van der Waals surface area (Å²) >= 11 is 0. The summed E-state index contributed by atoms with van der Waals surface area (Å²) < 4.78 is 38.3. The SMILES string of the molecule is Cn1nc(N)c2c1CCN(CC(F)(F)F)C2. The molecule has 0 saturated carbocycles. The fourth-order valence-electron chi connectivity index (χ4n) is 2.07. The van der Waals surface area contributed by atoms with Gasteiger partial charge in [-0.2, -0.15) is 18.3 Å². The van der Waals surface area contributed by atoms with Crippen LogP contribution in [0.2, 0.25) is 0 Å². The van der Waals surface area contributed by atoms with Crippen LogP contribution in [0.5, 0.6) is 0 Å². The molecule has 1 aromatic heterocycles. The van der Waals surface area contributed by atoms with Crippen LogP contribution in [0.1, 0.15) is 11.3 Å². The van der Waals surface area contributed by atoms with Crippen molar-refractivity contribution in [2.45, 2.75) is 19.1 Å². The average molecular weight is 234 g/mol. The normalized spacial score (nSPS) is 17.5. The average Bonchev–Trinajstić information content (AvgIpc) is 2.40. The Morgan fingerprint density at radius 2 is 2.12 bits per heavy atom. The van der Waals surface area contributed by atoms with E-state index in [1.54, 1.807) is 11.7 Å². The van der Waals surface area contributed by atoms with Crippen LogP contribution in [0, 0.1) is 0 Å². The van der Waals surface area contributed by atoms with Crippen LogP contribution in [0.4, 0.5) is 19.0 Å². The topological polar surface area (TPSA) is 47.1 Å². The van der Waals surface area contributed by atoms with E-state index in [1.165, 1.54) is 4.90 Å². The molecule has 2 N–H and O–H groups in total. The van der Waals surface area contributed by atoms with Gasteiger partial charge in [0.15, 0.2) is 0 Å². The number of alkyl halides is 3. The molecule has 0 fully saturated rings. The molecule has 7 heteroatoms. The summed E-state index contributed by atoms with van der Waals surface area (Å²) in [6, 6.07) is 0. The zero-order valence-electron chi connectivity index (χ0n) is 8.88. The Morgan fingerprint density at radius 1 is 1.44 bits per heavy atom. The standard InChI is InChI=1S/C9H13F3N4/c1-15-7-2-3-16(5-9(10,11)12)4-6(7)8(13)14-15/h2-5H2,1H3,(H2,13,14). The lowest BCUT2D eigenvalue weighted by Gasteiger charge is -2.27. The van der Waals surface area contributed by atoms with Crippen LogP contribution in [0.25, 0.3) is 0 Å². The van der Waals surface area contributed by atoms with E-state index >= 15 is 0 Å². The number of hydrogen-bond donors (Lipinski definition) is 1. The van der Waals surface area contributed by atoms with E-state index in [2.05, 4.69) is 5.10 Å². The lowest BCUT2D eigenvalue weighted by atomic mass is 10.1. The molecule has 0 spiro atoms. The lowest BCUT2D eigenvalue weighted by Crippen LogP contribution is -2.38. The molecule has 16 heavy (non-hydrogen) atoms. The van der Waals surface area contributed by atoms with Crippen molar-refractivity contribution in [3.63, 3.8) is 0 Å². The van der Waals surface area contributed by atoms with Gasteiger partial charge in [-0.05, 0) is 0 Å². The van der Waals surface area contributed by atoms with E-state index in [1.807, 2.05) is 0 Å². The number of hydrogen-bond acceptors (Lipinski definition) is 3. The highest BCUT2D eigenvalue weighted by molar-refractivity contribution is 5.43. The van der Waals surface area contributed by atoms with Crippen molar-refractivity contribution >= 4 is 5.82 Å².